The van der Waals surface area contributed by atoms with Gasteiger partial charge in [-0.2, -0.15) is 0 Å². The number of anilines is 1. The number of pyridine rings is 1. The van der Waals surface area contributed by atoms with Crippen LogP contribution in [0.15, 0.2) is 28.0 Å². The zero-order valence-electron chi connectivity index (χ0n) is 17.9. The highest BCUT2D eigenvalue weighted by atomic mass is 32.2. The molecule has 0 bridgehead atoms. The van der Waals surface area contributed by atoms with Crippen LogP contribution in [0.2, 0.25) is 0 Å². The minimum atomic E-state index is -0.203. The Kier molecular flexibility index (Phi) is 7.31. The molecule has 0 aliphatic carbocycles. The third-order valence-corrected chi connectivity index (χ3v) is 6.20. The second-order valence-electron chi connectivity index (χ2n) is 7.93. The van der Waals surface area contributed by atoms with Crippen LogP contribution >= 0.6 is 24.0 Å². The Morgan fingerprint density at radius 2 is 2.03 bits per heavy atom. The van der Waals surface area contributed by atoms with E-state index in [4.69, 9.17) is 12.2 Å². The molecule has 1 aliphatic heterocycles. The van der Waals surface area contributed by atoms with Gasteiger partial charge in [-0.3, -0.25) is 18.9 Å². The van der Waals surface area contributed by atoms with E-state index in [9.17, 15) is 9.59 Å². The van der Waals surface area contributed by atoms with E-state index < -0.39 is 0 Å². The van der Waals surface area contributed by atoms with Crippen molar-refractivity contribution in [1.82, 2.24) is 14.3 Å². The average molecular weight is 445 g/mol. The van der Waals surface area contributed by atoms with E-state index >= 15 is 0 Å². The van der Waals surface area contributed by atoms with Crippen LogP contribution in [-0.2, 0) is 4.79 Å². The highest BCUT2D eigenvalue weighted by molar-refractivity contribution is 8.26. The molecule has 1 aliphatic rings. The molecule has 1 saturated heterocycles. The summed E-state index contributed by atoms with van der Waals surface area (Å²) in [5.74, 6) is 0.742. The predicted molar refractivity (Wildman–Crippen MR) is 129 cm³/mol. The second-order valence-corrected chi connectivity index (χ2v) is 9.60. The molecule has 0 unspecified atom stereocenters. The van der Waals surface area contributed by atoms with Crippen molar-refractivity contribution in [3.8, 4) is 0 Å². The molecule has 3 rings (SSSR count). The third-order valence-electron chi connectivity index (χ3n) is 4.82. The molecule has 0 saturated carbocycles. The molecule has 0 atom stereocenters. The van der Waals surface area contributed by atoms with E-state index in [1.54, 1.807) is 17.2 Å². The number of rotatable bonds is 8. The lowest BCUT2D eigenvalue weighted by atomic mass is 10.2. The summed E-state index contributed by atoms with van der Waals surface area (Å²) in [6, 6.07) is 3.75. The summed E-state index contributed by atoms with van der Waals surface area (Å²) in [5, 5.41) is 3.28. The van der Waals surface area contributed by atoms with Crippen molar-refractivity contribution in [2.45, 2.75) is 47.0 Å². The normalized spacial score (nSPS) is 15.8. The van der Waals surface area contributed by atoms with Gasteiger partial charge < -0.3 is 5.32 Å². The molecule has 2 aromatic heterocycles. The number of thioether (sulfide) groups is 1. The highest BCUT2D eigenvalue weighted by Gasteiger charge is 2.32. The lowest BCUT2D eigenvalue weighted by molar-refractivity contribution is -0.122. The summed E-state index contributed by atoms with van der Waals surface area (Å²) in [6.45, 7) is 9.52. The zero-order chi connectivity index (χ0) is 21.8. The fourth-order valence-corrected chi connectivity index (χ4v) is 4.46. The number of nitrogens with zero attached hydrogens (tertiary/aromatic N) is 3. The fraction of sp³-hybridized carbons (Fsp3) is 0.455. The van der Waals surface area contributed by atoms with E-state index in [0.29, 0.717) is 45.3 Å². The molecule has 1 amide bonds. The van der Waals surface area contributed by atoms with Gasteiger partial charge in [0.15, 0.2) is 0 Å². The summed E-state index contributed by atoms with van der Waals surface area (Å²) in [7, 11) is 0. The predicted octanol–water partition coefficient (Wildman–Crippen LogP) is 4.46. The SMILES string of the molecule is CCCCCN1C(=O)/C(=C\c2c(NCC(C)C)nc3ccc(C)cn3c2=O)SC1=S. The van der Waals surface area contributed by atoms with E-state index in [1.165, 1.54) is 16.2 Å². The number of nitrogens with one attached hydrogen (secondary N) is 1. The Balaban J connectivity index is 2.04. The zero-order valence-corrected chi connectivity index (χ0v) is 19.5. The van der Waals surface area contributed by atoms with Crippen LogP contribution in [0.1, 0.15) is 51.2 Å². The van der Waals surface area contributed by atoms with Gasteiger partial charge in [-0.25, -0.2) is 4.98 Å². The van der Waals surface area contributed by atoms with Gasteiger partial charge in [0.05, 0.1) is 10.5 Å². The van der Waals surface area contributed by atoms with Gasteiger partial charge in [0.2, 0.25) is 0 Å². The van der Waals surface area contributed by atoms with Crippen molar-refractivity contribution < 1.29 is 4.79 Å². The molecule has 8 heteroatoms. The summed E-state index contributed by atoms with van der Waals surface area (Å²) < 4.78 is 2.08. The lowest BCUT2D eigenvalue weighted by Gasteiger charge is -2.14. The van der Waals surface area contributed by atoms with Gasteiger partial charge in [0.1, 0.15) is 15.8 Å². The van der Waals surface area contributed by atoms with Gasteiger partial charge in [0, 0.05) is 19.3 Å². The van der Waals surface area contributed by atoms with Crippen molar-refractivity contribution in [2.24, 2.45) is 5.92 Å². The van der Waals surface area contributed by atoms with E-state index in [-0.39, 0.29) is 11.5 Å². The maximum absolute atomic E-state index is 13.3. The quantitative estimate of drug-likeness (QED) is 0.368. The first-order chi connectivity index (χ1) is 14.3. The van der Waals surface area contributed by atoms with E-state index in [2.05, 4.69) is 31.1 Å². The summed E-state index contributed by atoms with van der Waals surface area (Å²) in [4.78, 5) is 33.0. The van der Waals surface area contributed by atoms with Crippen molar-refractivity contribution in [2.75, 3.05) is 18.4 Å². The average Bonchev–Trinajstić information content (AvgIpc) is 2.96. The molecule has 0 radical (unpaired) electrons. The topological polar surface area (TPSA) is 66.7 Å². The Labute approximate surface area is 186 Å². The number of fused-ring (bicyclic) bond motifs is 1. The number of unbranched alkanes of at least 4 members (excludes halogenated alkanes) is 2. The molecule has 1 N–H and O–H groups in total. The van der Waals surface area contributed by atoms with Gasteiger partial charge in [0.25, 0.3) is 11.5 Å². The number of aromatic nitrogens is 2. The van der Waals surface area contributed by atoms with Crippen molar-refractivity contribution in [1.29, 1.82) is 0 Å². The smallest absolute Gasteiger partial charge is 0.267 e. The Hall–Kier alpha value is -2.19. The minimum Gasteiger partial charge on any atom is -0.369 e. The number of amides is 1. The van der Waals surface area contributed by atoms with Crippen molar-refractivity contribution >= 4 is 51.7 Å². The molecular weight excluding hydrogens is 416 g/mol. The van der Waals surface area contributed by atoms with Crippen LogP contribution < -0.4 is 10.9 Å². The molecule has 2 aromatic rings. The van der Waals surface area contributed by atoms with Crippen LogP contribution in [0.5, 0.6) is 0 Å². The van der Waals surface area contributed by atoms with Crippen molar-refractivity contribution in [3.05, 3.63) is 44.7 Å². The van der Waals surface area contributed by atoms with Gasteiger partial charge in [-0.1, -0.05) is 63.7 Å². The largest absolute Gasteiger partial charge is 0.369 e. The van der Waals surface area contributed by atoms with E-state index in [0.717, 1.165) is 24.8 Å². The maximum atomic E-state index is 13.3. The first-order valence-electron chi connectivity index (χ1n) is 10.3. The van der Waals surface area contributed by atoms with Gasteiger partial charge in [-0.15, -0.1) is 0 Å². The molecule has 0 aromatic carbocycles. The standard InChI is InChI=1S/C22H28N4O2S2/c1-5-6-7-10-25-21(28)17(30-22(25)29)11-16-19(23-12-14(2)3)24-18-9-8-15(4)13-26(18)20(16)27/h8-9,11,13-14,23H,5-7,10,12H2,1-4H3/b17-11+. The van der Waals surface area contributed by atoms with Crippen LogP contribution in [0, 0.1) is 12.8 Å². The van der Waals surface area contributed by atoms with Crippen molar-refractivity contribution in [3.63, 3.8) is 0 Å². The Bertz CT molecular complexity index is 1060. The number of carbonyl (C=O) groups excluding carboxylic acids is 1. The van der Waals surface area contributed by atoms with Crippen LogP contribution in [0.25, 0.3) is 11.7 Å². The van der Waals surface area contributed by atoms with Gasteiger partial charge >= 0.3 is 0 Å². The summed E-state index contributed by atoms with van der Waals surface area (Å²) >= 11 is 6.67. The first-order valence-corrected chi connectivity index (χ1v) is 11.6. The van der Waals surface area contributed by atoms with E-state index in [1.807, 2.05) is 19.1 Å². The molecule has 3 heterocycles. The molecule has 160 valence electrons. The number of hydrogen-bond donors (Lipinski definition) is 1. The molecule has 6 nitrogen and oxygen atoms in total. The number of thiocarbonyl (C=S) groups is 1. The molecular formula is C22H28N4O2S2. The third kappa shape index (κ3) is 4.92. The Morgan fingerprint density at radius 1 is 1.27 bits per heavy atom. The highest BCUT2D eigenvalue weighted by Crippen LogP contribution is 2.33. The summed E-state index contributed by atoms with van der Waals surface area (Å²) in [6.07, 6.45) is 6.45. The number of hydrogen-bond acceptors (Lipinski definition) is 6. The monoisotopic (exact) mass is 444 g/mol. The molecule has 30 heavy (non-hydrogen) atoms. The first kappa shape index (κ1) is 22.5. The fourth-order valence-electron chi connectivity index (χ4n) is 3.17. The van der Waals surface area contributed by atoms with Crippen LogP contribution in [0.3, 0.4) is 0 Å². The van der Waals surface area contributed by atoms with Crippen LogP contribution in [0.4, 0.5) is 5.82 Å². The van der Waals surface area contributed by atoms with Crippen LogP contribution in [-0.4, -0.2) is 37.6 Å². The maximum Gasteiger partial charge on any atom is 0.267 e. The number of aryl methyl sites for hydroxylation is 1. The lowest BCUT2D eigenvalue weighted by Crippen LogP contribution is -2.29. The van der Waals surface area contributed by atoms with Gasteiger partial charge in [-0.05, 0) is 37.0 Å². The molecule has 1 fully saturated rings. The molecule has 0 spiro atoms. The number of carbonyl (C=O) groups is 1. The summed E-state index contributed by atoms with van der Waals surface area (Å²) in [5.41, 5.74) is 1.71. The second kappa shape index (κ2) is 9.75. The Morgan fingerprint density at radius 3 is 2.73 bits per heavy atom. The minimum absolute atomic E-state index is 0.135.